The van der Waals surface area contributed by atoms with E-state index in [1.165, 1.54) is 0 Å². The summed E-state index contributed by atoms with van der Waals surface area (Å²) in [4.78, 5) is 5.91. The van der Waals surface area contributed by atoms with E-state index in [2.05, 4.69) is 32.9 Å². The van der Waals surface area contributed by atoms with Crippen LogP contribution in [0.2, 0.25) is 0 Å². The van der Waals surface area contributed by atoms with Crippen LogP contribution in [0.4, 0.5) is 0 Å². The molecule has 1 aromatic heterocycles. The van der Waals surface area contributed by atoms with Crippen LogP contribution in [0, 0.1) is 5.41 Å². The normalized spacial score (nSPS) is 13.4. The summed E-state index contributed by atoms with van der Waals surface area (Å²) in [6, 6.07) is 10.2. The molecule has 0 saturated carbocycles. The second-order valence-electron chi connectivity index (χ2n) is 5.88. The van der Waals surface area contributed by atoms with Crippen LogP contribution in [0.1, 0.15) is 36.8 Å². The zero-order chi connectivity index (χ0) is 14.8. The molecule has 2 aromatic rings. The molecule has 0 aliphatic rings. The van der Waals surface area contributed by atoms with Gasteiger partial charge in [-0.3, -0.25) is 0 Å². The average Bonchev–Trinajstić information content (AvgIpc) is 2.82. The number of hydrogen-bond acceptors (Lipinski definition) is 4. The quantitative estimate of drug-likeness (QED) is 0.925. The van der Waals surface area contributed by atoms with Gasteiger partial charge in [0.25, 0.3) is 0 Å². The fourth-order valence-corrected chi connectivity index (χ4v) is 3.56. The number of methoxy groups -OCH3 is 1. The minimum absolute atomic E-state index is 0.00638. The lowest BCUT2D eigenvalue weighted by Crippen LogP contribution is -2.19. The standard InChI is InChI=1S/C16H22N2OS/c1-16(2,3)14(19-4)15-18-13(12(10-17)20-15)11-8-6-5-7-9-11/h5-9,14H,10,17H2,1-4H3. The van der Waals surface area contributed by atoms with E-state index in [0.29, 0.717) is 6.54 Å². The highest BCUT2D eigenvalue weighted by molar-refractivity contribution is 7.12. The van der Waals surface area contributed by atoms with E-state index in [-0.39, 0.29) is 11.5 Å². The van der Waals surface area contributed by atoms with Crippen molar-refractivity contribution in [2.45, 2.75) is 33.4 Å². The number of nitrogens with two attached hydrogens (primary N) is 1. The first-order valence-electron chi connectivity index (χ1n) is 6.75. The van der Waals surface area contributed by atoms with Crippen molar-refractivity contribution < 1.29 is 4.74 Å². The van der Waals surface area contributed by atoms with Gasteiger partial charge < -0.3 is 10.5 Å². The summed E-state index contributed by atoms with van der Waals surface area (Å²) in [5.74, 6) is 0. The Kier molecular flexibility index (Phi) is 4.58. The first-order chi connectivity index (χ1) is 9.47. The van der Waals surface area contributed by atoms with Crippen molar-refractivity contribution in [3.8, 4) is 11.3 Å². The number of rotatable bonds is 4. The average molecular weight is 290 g/mol. The molecule has 0 spiro atoms. The van der Waals surface area contributed by atoms with E-state index in [0.717, 1.165) is 21.1 Å². The summed E-state index contributed by atoms with van der Waals surface area (Å²) in [7, 11) is 1.74. The lowest BCUT2D eigenvalue weighted by molar-refractivity contribution is 0.0151. The molecule has 3 nitrogen and oxygen atoms in total. The molecule has 1 unspecified atom stereocenters. The fourth-order valence-electron chi connectivity index (χ4n) is 2.27. The van der Waals surface area contributed by atoms with Crippen molar-refractivity contribution in [3.63, 3.8) is 0 Å². The number of thiazole rings is 1. The van der Waals surface area contributed by atoms with Gasteiger partial charge in [0, 0.05) is 24.1 Å². The highest BCUT2D eigenvalue weighted by Crippen LogP contribution is 2.40. The molecule has 108 valence electrons. The van der Waals surface area contributed by atoms with E-state index < -0.39 is 0 Å². The van der Waals surface area contributed by atoms with Crippen molar-refractivity contribution in [2.24, 2.45) is 11.1 Å². The second kappa shape index (κ2) is 6.04. The van der Waals surface area contributed by atoms with E-state index in [4.69, 9.17) is 15.5 Å². The molecule has 2 rings (SSSR count). The zero-order valence-corrected chi connectivity index (χ0v) is 13.3. The van der Waals surface area contributed by atoms with E-state index in [1.54, 1.807) is 18.4 Å². The number of benzene rings is 1. The van der Waals surface area contributed by atoms with Crippen LogP contribution in [0.5, 0.6) is 0 Å². The Morgan fingerprint density at radius 1 is 1.25 bits per heavy atom. The summed E-state index contributed by atoms with van der Waals surface area (Å²) in [5, 5.41) is 0.999. The Balaban J connectivity index is 2.46. The van der Waals surface area contributed by atoms with Crippen LogP contribution in [0.3, 0.4) is 0 Å². The minimum Gasteiger partial charge on any atom is -0.374 e. The van der Waals surface area contributed by atoms with E-state index in [9.17, 15) is 0 Å². The van der Waals surface area contributed by atoms with Crippen LogP contribution in [-0.4, -0.2) is 12.1 Å². The Morgan fingerprint density at radius 2 is 1.90 bits per heavy atom. The second-order valence-corrected chi connectivity index (χ2v) is 6.99. The maximum absolute atomic E-state index is 5.88. The molecule has 0 amide bonds. The largest absolute Gasteiger partial charge is 0.374 e. The van der Waals surface area contributed by atoms with E-state index in [1.807, 2.05) is 18.2 Å². The highest BCUT2D eigenvalue weighted by Gasteiger charge is 2.30. The van der Waals surface area contributed by atoms with Gasteiger partial charge >= 0.3 is 0 Å². The Morgan fingerprint density at radius 3 is 2.40 bits per heavy atom. The topological polar surface area (TPSA) is 48.1 Å². The van der Waals surface area contributed by atoms with Crippen LogP contribution in [0.15, 0.2) is 30.3 Å². The lowest BCUT2D eigenvalue weighted by atomic mass is 9.89. The molecule has 0 radical (unpaired) electrons. The molecule has 0 bridgehead atoms. The van der Waals surface area contributed by atoms with Gasteiger partial charge in [-0.25, -0.2) is 4.98 Å². The third-order valence-electron chi connectivity index (χ3n) is 3.19. The van der Waals surface area contributed by atoms with Gasteiger partial charge in [0.05, 0.1) is 5.69 Å². The van der Waals surface area contributed by atoms with Crippen molar-refractivity contribution >= 4 is 11.3 Å². The molecular weight excluding hydrogens is 268 g/mol. The number of nitrogens with zero attached hydrogens (tertiary/aromatic N) is 1. The first kappa shape index (κ1) is 15.2. The molecule has 1 aromatic carbocycles. The molecule has 2 N–H and O–H groups in total. The molecule has 1 heterocycles. The SMILES string of the molecule is COC(c1nc(-c2ccccc2)c(CN)s1)C(C)(C)C. The molecule has 20 heavy (non-hydrogen) atoms. The van der Waals surface area contributed by atoms with Gasteiger partial charge in [0.15, 0.2) is 0 Å². The lowest BCUT2D eigenvalue weighted by Gasteiger charge is -2.27. The molecule has 4 heteroatoms. The third-order valence-corrected chi connectivity index (χ3v) is 4.31. The molecular formula is C16H22N2OS. The zero-order valence-electron chi connectivity index (χ0n) is 12.5. The van der Waals surface area contributed by atoms with Crippen LogP contribution in [0.25, 0.3) is 11.3 Å². The van der Waals surface area contributed by atoms with Crippen LogP contribution >= 0.6 is 11.3 Å². The Labute approximate surface area is 124 Å². The molecule has 1 atom stereocenters. The fraction of sp³-hybridized carbons (Fsp3) is 0.438. The van der Waals surface area contributed by atoms with Crippen LogP contribution in [-0.2, 0) is 11.3 Å². The van der Waals surface area contributed by atoms with Gasteiger partial charge in [-0.1, -0.05) is 51.1 Å². The summed E-state index contributed by atoms with van der Waals surface area (Å²) in [6.07, 6.45) is -0.0183. The smallest absolute Gasteiger partial charge is 0.123 e. The van der Waals surface area contributed by atoms with Gasteiger partial charge in [0.2, 0.25) is 0 Å². The Bertz CT molecular complexity index is 558. The van der Waals surface area contributed by atoms with Crippen LogP contribution < -0.4 is 5.73 Å². The number of ether oxygens (including phenoxy) is 1. The molecule has 0 fully saturated rings. The van der Waals surface area contributed by atoms with Gasteiger partial charge in [-0.15, -0.1) is 11.3 Å². The number of aromatic nitrogens is 1. The maximum atomic E-state index is 5.88. The minimum atomic E-state index is -0.0183. The predicted octanol–water partition coefficient (Wildman–Crippen LogP) is 4.00. The van der Waals surface area contributed by atoms with Gasteiger partial charge in [-0.2, -0.15) is 0 Å². The van der Waals surface area contributed by atoms with Crippen molar-refractivity contribution in [1.29, 1.82) is 0 Å². The molecule has 0 aliphatic carbocycles. The number of hydrogen-bond donors (Lipinski definition) is 1. The van der Waals surface area contributed by atoms with Gasteiger partial charge in [0.1, 0.15) is 11.1 Å². The highest BCUT2D eigenvalue weighted by atomic mass is 32.1. The van der Waals surface area contributed by atoms with Crippen molar-refractivity contribution in [2.75, 3.05) is 7.11 Å². The monoisotopic (exact) mass is 290 g/mol. The summed E-state index contributed by atoms with van der Waals surface area (Å²) >= 11 is 1.65. The predicted molar refractivity (Wildman–Crippen MR) is 84.6 cm³/mol. The van der Waals surface area contributed by atoms with E-state index >= 15 is 0 Å². The van der Waals surface area contributed by atoms with Crippen molar-refractivity contribution in [1.82, 2.24) is 4.98 Å². The maximum Gasteiger partial charge on any atom is 0.123 e. The van der Waals surface area contributed by atoms with Gasteiger partial charge in [-0.05, 0) is 5.41 Å². The van der Waals surface area contributed by atoms with Crippen molar-refractivity contribution in [3.05, 3.63) is 40.2 Å². The summed E-state index contributed by atoms with van der Waals surface area (Å²) in [6.45, 7) is 6.98. The first-order valence-corrected chi connectivity index (χ1v) is 7.57. The summed E-state index contributed by atoms with van der Waals surface area (Å²) in [5.41, 5.74) is 7.98. The Hall–Kier alpha value is -1.23. The molecule has 0 aliphatic heterocycles. The summed E-state index contributed by atoms with van der Waals surface area (Å²) < 4.78 is 5.66. The third kappa shape index (κ3) is 3.08. The molecule has 0 saturated heterocycles.